The van der Waals surface area contributed by atoms with Gasteiger partial charge < -0.3 is 14.4 Å². The molecule has 0 saturated carbocycles. The van der Waals surface area contributed by atoms with Gasteiger partial charge in [-0.1, -0.05) is 12.1 Å². The van der Waals surface area contributed by atoms with E-state index in [0.717, 1.165) is 4.90 Å². The van der Waals surface area contributed by atoms with Crippen molar-refractivity contribution in [3.8, 4) is 11.5 Å². The van der Waals surface area contributed by atoms with Crippen LogP contribution in [0, 0.1) is 5.92 Å². The molecule has 154 valence electrons. The third-order valence-corrected chi connectivity index (χ3v) is 5.20. The minimum absolute atomic E-state index is 0.0474. The molecule has 8 nitrogen and oxygen atoms in total. The number of anilines is 2. The number of rotatable bonds is 5. The molecular formula is C22H20N2O6. The second kappa shape index (κ2) is 7.98. The normalized spacial score (nSPS) is 18.8. The molecule has 1 atom stereocenters. The summed E-state index contributed by atoms with van der Waals surface area (Å²) < 4.78 is 10.7. The fourth-order valence-electron chi connectivity index (χ4n) is 3.68. The van der Waals surface area contributed by atoms with E-state index in [1.807, 2.05) is 6.07 Å². The van der Waals surface area contributed by atoms with Gasteiger partial charge >= 0.3 is 5.97 Å². The summed E-state index contributed by atoms with van der Waals surface area (Å²) in [5.74, 6) is -0.947. The van der Waals surface area contributed by atoms with Crippen LogP contribution in [0.25, 0.3) is 0 Å². The maximum absolute atomic E-state index is 12.6. The number of methoxy groups -OCH3 is 1. The summed E-state index contributed by atoms with van der Waals surface area (Å²) in [6, 6.07) is 13.3. The quantitative estimate of drug-likeness (QED) is 0.428. The Labute approximate surface area is 173 Å². The number of benzene rings is 2. The minimum Gasteiger partial charge on any atom is -0.495 e. The number of ether oxygens (including phenoxy) is 2. The number of hydrogen-bond donors (Lipinski definition) is 0. The molecule has 2 aromatic carbocycles. The highest BCUT2D eigenvalue weighted by atomic mass is 16.5. The summed E-state index contributed by atoms with van der Waals surface area (Å²) in [7, 11) is 1.53. The molecule has 2 fully saturated rings. The number of amides is 3. The first kappa shape index (κ1) is 19.6. The van der Waals surface area contributed by atoms with Crippen LogP contribution < -0.4 is 19.3 Å². The summed E-state index contributed by atoms with van der Waals surface area (Å²) in [5.41, 5.74) is 1.06. The smallest absolute Gasteiger partial charge is 0.316 e. The van der Waals surface area contributed by atoms with Gasteiger partial charge in [0.15, 0.2) is 0 Å². The third-order valence-electron chi connectivity index (χ3n) is 5.20. The first-order valence-corrected chi connectivity index (χ1v) is 9.59. The predicted molar refractivity (Wildman–Crippen MR) is 107 cm³/mol. The van der Waals surface area contributed by atoms with E-state index in [1.54, 1.807) is 30.3 Å². The van der Waals surface area contributed by atoms with Crippen molar-refractivity contribution in [2.75, 3.05) is 23.5 Å². The molecule has 0 radical (unpaired) electrons. The van der Waals surface area contributed by atoms with E-state index in [2.05, 4.69) is 0 Å². The summed E-state index contributed by atoms with van der Waals surface area (Å²) >= 11 is 0. The van der Waals surface area contributed by atoms with Crippen LogP contribution in [-0.4, -0.2) is 37.3 Å². The Kier molecular flexibility index (Phi) is 5.22. The van der Waals surface area contributed by atoms with Crippen LogP contribution in [0.2, 0.25) is 0 Å². The van der Waals surface area contributed by atoms with Crippen molar-refractivity contribution in [3.05, 3.63) is 48.5 Å². The molecular weight excluding hydrogens is 388 g/mol. The maximum atomic E-state index is 12.6. The van der Waals surface area contributed by atoms with Crippen molar-refractivity contribution >= 4 is 35.1 Å². The molecule has 2 aliphatic heterocycles. The number of esters is 1. The summed E-state index contributed by atoms with van der Waals surface area (Å²) in [6.07, 6.45) is 0.452. The zero-order valence-electron chi connectivity index (χ0n) is 16.4. The van der Waals surface area contributed by atoms with E-state index < -0.39 is 11.9 Å². The molecule has 3 amide bonds. The Hall–Kier alpha value is -3.68. The minimum atomic E-state index is -0.608. The van der Waals surface area contributed by atoms with Crippen LogP contribution in [0.1, 0.15) is 19.3 Å². The number of carbonyl (C=O) groups is 4. The molecule has 2 saturated heterocycles. The van der Waals surface area contributed by atoms with Gasteiger partial charge in [-0.25, -0.2) is 0 Å². The fraction of sp³-hybridized carbons (Fsp3) is 0.273. The van der Waals surface area contributed by atoms with Gasteiger partial charge in [-0.2, -0.15) is 0 Å². The van der Waals surface area contributed by atoms with Gasteiger partial charge in [-0.3, -0.25) is 24.1 Å². The van der Waals surface area contributed by atoms with Crippen molar-refractivity contribution in [2.24, 2.45) is 5.92 Å². The second-order valence-electron chi connectivity index (χ2n) is 7.12. The zero-order valence-corrected chi connectivity index (χ0v) is 16.4. The molecule has 0 unspecified atom stereocenters. The fourth-order valence-corrected chi connectivity index (χ4v) is 3.68. The standard InChI is InChI=1S/C22H20N2O6/c1-29-18-5-3-2-4-17(18)23-13-14(12-21(23)27)22(28)30-16-8-6-15(7-9-16)24-19(25)10-11-20(24)26/h2-9,14H,10-13H2,1H3/t14-/m0/s1. The van der Waals surface area contributed by atoms with Crippen molar-refractivity contribution in [1.82, 2.24) is 0 Å². The lowest BCUT2D eigenvalue weighted by molar-refractivity contribution is -0.139. The zero-order chi connectivity index (χ0) is 21.3. The van der Waals surface area contributed by atoms with Gasteiger partial charge in [0.2, 0.25) is 17.7 Å². The molecule has 0 aliphatic carbocycles. The second-order valence-corrected chi connectivity index (χ2v) is 7.12. The number of hydrogen-bond acceptors (Lipinski definition) is 6. The van der Waals surface area contributed by atoms with E-state index in [1.165, 1.54) is 24.1 Å². The number of imide groups is 1. The summed E-state index contributed by atoms with van der Waals surface area (Å²) in [5, 5.41) is 0. The Morgan fingerprint density at radius 3 is 2.27 bits per heavy atom. The van der Waals surface area contributed by atoms with Crippen molar-refractivity contribution in [3.63, 3.8) is 0 Å². The van der Waals surface area contributed by atoms with E-state index in [9.17, 15) is 19.2 Å². The third kappa shape index (κ3) is 3.63. The number of nitrogens with zero attached hydrogens (tertiary/aromatic N) is 2. The van der Waals surface area contributed by atoms with Crippen LogP contribution >= 0.6 is 0 Å². The van der Waals surface area contributed by atoms with Crippen molar-refractivity contribution in [2.45, 2.75) is 19.3 Å². The number of carbonyl (C=O) groups excluding carboxylic acids is 4. The van der Waals surface area contributed by atoms with Gasteiger partial charge in [-0.05, 0) is 36.4 Å². The number of para-hydroxylation sites is 2. The molecule has 30 heavy (non-hydrogen) atoms. The van der Waals surface area contributed by atoms with Gasteiger partial charge in [0.25, 0.3) is 0 Å². The molecule has 4 rings (SSSR count). The Morgan fingerprint density at radius 1 is 0.933 bits per heavy atom. The molecule has 0 N–H and O–H groups in total. The summed E-state index contributed by atoms with van der Waals surface area (Å²) in [4.78, 5) is 51.3. The monoisotopic (exact) mass is 408 g/mol. The van der Waals surface area contributed by atoms with Gasteiger partial charge in [-0.15, -0.1) is 0 Å². The Bertz CT molecular complexity index is 1000. The van der Waals surface area contributed by atoms with E-state index in [-0.39, 0.29) is 49.3 Å². The molecule has 2 aliphatic rings. The van der Waals surface area contributed by atoms with E-state index >= 15 is 0 Å². The Balaban J connectivity index is 1.43. The average Bonchev–Trinajstić information content (AvgIpc) is 3.30. The Morgan fingerprint density at radius 2 is 1.60 bits per heavy atom. The molecule has 0 bridgehead atoms. The first-order chi connectivity index (χ1) is 14.5. The van der Waals surface area contributed by atoms with E-state index in [4.69, 9.17) is 9.47 Å². The van der Waals surface area contributed by atoms with Crippen LogP contribution in [0.4, 0.5) is 11.4 Å². The first-order valence-electron chi connectivity index (χ1n) is 9.59. The maximum Gasteiger partial charge on any atom is 0.316 e. The van der Waals surface area contributed by atoms with Crippen molar-refractivity contribution < 1.29 is 28.7 Å². The van der Waals surface area contributed by atoms with Crippen molar-refractivity contribution in [1.29, 1.82) is 0 Å². The van der Waals surface area contributed by atoms with Crippen LogP contribution in [-0.2, 0) is 19.2 Å². The lowest BCUT2D eigenvalue weighted by Crippen LogP contribution is -2.28. The summed E-state index contributed by atoms with van der Waals surface area (Å²) in [6.45, 7) is 0.201. The highest BCUT2D eigenvalue weighted by molar-refractivity contribution is 6.19. The van der Waals surface area contributed by atoms with Crippen LogP contribution in [0.3, 0.4) is 0 Å². The highest BCUT2D eigenvalue weighted by Crippen LogP contribution is 2.33. The van der Waals surface area contributed by atoms with E-state index in [0.29, 0.717) is 17.1 Å². The van der Waals surface area contributed by atoms with Gasteiger partial charge in [0.05, 0.1) is 24.4 Å². The highest BCUT2D eigenvalue weighted by Gasteiger charge is 2.37. The van der Waals surface area contributed by atoms with Gasteiger partial charge in [0, 0.05) is 25.8 Å². The largest absolute Gasteiger partial charge is 0.495 e. The molecule has 0 spiro atoms. The van der Waals surface area contributed by atoms with Crippen LogP contribution in [0.5, 0.6) is 11.5 Å². The molecule has 0 aromatic heterocycles. The lowest BCUT2D eigenvalue weighted by atomic mass is 10.1. The van der Waals surface area contributed by atoms with Gasteiger partial charge in [0.1, 0.15) is 11.5 Å². The topological polar surface area (TPSA) is 93.2 Å². The molecule has 2 aromatic rings. The molecule has 8 heteroatoms. The SMILES string of the molecule is COc1ccccc1N1C[C@@H](C(=O)Oc2ccc(N3C(=O)CCC3=O)cc2)CC1=O. The molecule has 2 heterocycles. The van der Waals surface area contributed by atoms with Crippen LogP contribution in [0.15, 0.2) is 48.5 Å². The predicted octanol–water partition coefficient (Wildman–Crippen LogP) is 2.31. The average molecular weight is 408 g/mol. The lowest BCUT2D eigenvalue weighted by Gasteiger charge is -2.19.